The molecule has 2 amide bonds. The minimum atomic E-state index is -0.476. The molecule has 1 aromatic rings. The summed E-state index contributed by atoms with van der Waals surface area (Å²) in [5, 5.41) is 2.92. The van der Waals surface area contributed by atoms with E-state index in [1.54, 1.807) is 12.0 Å². The topological polar surface area (TPSA) is 67.9 Å². The summed E-state index contributed by atoms with van der Waals surface area (Å²) >= 11 is 0. The van der Waals surface area contributed by atoms with Gasteiger partial charge in [0.25, 0.3) is 0 Å². The number of cyclic esters (lactones) is 1. The zero-order chi connectivity index (χ0) is 16.4. The molecule has 0 fully saturated rings. The largest absolute Gasteiger partial charge is 0.497 e. The Hall–Kier alpha value is -2.50. The van der Waals surface area contributed by atoms with Gasteiger partial charge in [0, 0.05) is 6.54 Å². The van der Waals surface area contributed by atoms with E-state index < -0.39 is 6.04 Å². The van der Waals surface area contributed by atoms with Gasteiger partial charge in [-0.05, 0) is 24.1 Å². The molecule has 0 spiro atoms. The highest BCUT2D eigenvalue weighted by atomic mass is 16.5. The van der Waals surface area contributed by atoms with Crippen molar-refractivity contribution in [2.75, 3.05) is 20.3 Å². The van der Waals surface area contributed by atoms with Crippen LogP contribution in [0.15, 0.2) is 35.5 Å². The van der Waals surface area contributed by atoms with Crippen LogP contribution in [0.1, 0.15) is 31.4 Å². The van der Waals surface area contributed by atoms with E-state index in [1.807, 2.05) is 24.3 Å². The zero-order valence-electron chi connectivity index (χ0n) is 13.3. The molecule has 1 N–H and O–H groups in total. The molecule has 0 aromatic heterocycles. The fourth-order valence-electron chi connectivity index (χ4n) is 2.91. The van der Waals surface area contributed by atoms with E-state index in [2.05, 4.69) is 12.2 Å². The van der Waals surface area contributed by atoms with Crippen LogP contribution in [0.4, 0.5) is 4.79 Å². The van der Waals surface area contributed by atoms with Crippen LogP contribution >= 0.6 is 0 Å². The molecule has 0 bridgehead atoms. The molecule has 122 valence electrons. The number of nitrogens with one attached hydrogen (secondary N) is 1. The second-order valence-corrected chi connectivity index (χ2v) is 5.60. The minimum Gasteiger partial charge on any atom is -0.497 e. The number of amides is 2. The molecule has 2 aliphatic heterocycles. The average Bonchev–Trinajstić information content (AvgIpc) is 2.95. The van der Waals surface area contributed by atoms with Gasteiger partial charge in [-0.25, -0.2) is 9.59 Å². The SMILES string of the molecule is CCCCN1C(=O)N[C@H](c2ccc(OC)cc2)C2=C1COC2=O. The number of esters is 1. The van der Waals surface area contributed by atoms with Crippen molar-refractivity contribution in [2.24, 2.45) is 0 Å². The Morgan fingerprint density at radius 3 is 2.70 bits per heavy atom. The van der Waals surface area contributed by atoms with Crippen LogP contribution in [0.2, 0.25) is 0 Å². The predicted molar refractivity (Wildman–Crippen MR) is 83.9 cm³/mol. The van der Waals surface area contributed by atoms with Gasteiger partial charge in [0.15, 0.2) is 0 Å². The Morgan fingerprint density at radius 1 is 1.30 bits per heavy atom. The third-order valence-corrected chi connectivity index (χ3v) is 4.18. The van der Waals surface area contributed by atoms with Gasteiger partial charge >= 0.3 is 12.0 Å². The summed E-state index contributed by atoms with van der Waals surface area (Å²) in [4.78, 5) is 26.2. The lowest BCUT2D eigenvalue weighted by molar-refractivity contribution is -0.136. The second-order valence-electron chi connectivity index (χ2n) is 5.60. The van der Waals surface area contributed by atoms with Crippen LogP contribution < -0.4 is 10.1 Å². The van der Waals surface area contributed by atoms with Crippen LogP contribution in [0, 0.1) is 0 Å². The highest BCUT2D eigenvalue weighted by Crippen LogP contribution is 2.35. The number of hydrogen-bond acceptors (Lipinski definition) is 4. The van der Waals surface area contributed by atoms with Gasteiger partial charge in [-0.2, -0.15) is 0 Å². The average molecular weight is 316 g/mol. The first-order valence-corrected chi connectivity index (χ1v) is 7.77. The summed E-state index contributed by atoms with van der Waals surface area (Å²) in [5.41, 5.74) is 2.06. The van der Waals surface area contributed by atoms with Crippen molar-refractivity contribution in [1.29, 1.82) is 0 Å². The van der Waals surface area contributed by atoms with E-state index in [0.717, 1.165) is 24.2 Å². The molecule has 6 nitrogen and oxygen atoms in total. The van der Waals surface area contributed by atoms with Crippen molar-refractivity contribution in [3.05, 3.63) is 41.1 Å². The standard InChI is InChI=1S/C17H20N2O4/c1-3-4-9-19-13-10-23-16(20)14(13)15(18-17(19)21)11-5-7-12(22-2)8-6-11/h5-8,15H,3-4,9-10H2,1-2H3,(H,18,21)/t15-/m1/s1. The molecule has 2 heterocycles. The van der Waals surface area contributed by atoms with Crippen molar-refractivity contribution in [3.8, 4) is 5.75 Å². The summed E-state index contributed by atoms with van der Waals surface area (Å²) in [7, 11) is 1.60. The van der Waals surface area contributed by atoms with Crippen molar-refractivity contribution in [1.82, 2.24) is 10.2 Å². The molecule has 0 saturated carbocycles. The Bertz CT molecular complexity index is 651. The summed E-state index contributed by atoms with van der Waals surface area (Å²) in [6.07, 6.45) is 1.86. The van der Waals surface area contributed by atoms with E-state index in [0.29, 0.717) is 17.8 Å². The van der Waals surface area contributed by atoms with Crippen LogP contribution in [0.5, 0.6) is 5.75 Å². The first-order valence-electron chi connectivity index (χ1n) is 7.77. The Balaban J connectivity index is 1.96. The molecule has 0 aliphatic carbocycles. The summed E-state index contributed by atoms with van der Waals surface area (Å²) in [6, 6.07) is 6.66. The molecule has 0 unspecified atom stereocenters. The monoisotopic (exact) mass is 316 g/mol. The van der Waals surface area contributed by atoms with Crippen LogP contribution in [0.25, 0.3) is 0 Å². The molecule has 0 saturated heterocycles. The molecule has 1 aromatic carbocycles. The van der Waals surface area contributed by atoms with Gasteiger partial charge < -0.3 is 14.8 Å². The first kappa shape index (κ1) is 15.4. The molecule has 23 heavy (non-hydrogen) atoms. The maximum absolute atomic E-state index is 12.4. The maximum Gasteiger partial charge on any atom is 0.338 e. The van der Waals surface area contributed by atoms with Crippen LogP contribution in [0.3, 0.4) is 0 Å². The Kier molecular flexibility index (Phi) is 4.23. The van der Waals surface area contributed by atoms with Crippen molar-refractivity contribution >= 4 is 12.0 Å². The quantitative estimate of drug-likeness (QED) is 0.847. The van der Waals surface area contributed by atoms with Crippen LogP contribution in [-0.4, -0.2) is 37.2 Å². The number of carbonyl (C=O) groups excluding carboxylic acids is 2. The third-order valence-electron chi connectivity index (χ3n) is 4.18. The first-order chi connectivity index (χ1) is 11.2. The van der Waals surface area contributed by atoms with Gasteiger partial charge in [0.1, 0.15) is 12.4 Å². The second kappa shape index (κ2) is 6.32. The predicted octanol–water partition coefficient (Wildman–Crippen LogP) is 2.37. The number of ether oxygens (including phenoxy) is 2. The van der Waals surface area contributed by atoms with Crippen molar-refractivity contribution in [2.45, 2.75) is 25.8 Å². The van der Waals surface area contributed by atoms with Gasteiger partial charge in [-0.1, -0.05) is 25.5 Å². The van der Waals surface area contributed by atoms with E-state index in [4.69, 9.17) is 9.47 Å². The number of hydrogen-bond donors (Lipinski definition) is 1. The number of rotatable bonds is 5. The van der Waals surface area contributed by atoms with Crippen LogP contribution in [-0.2, 0) is 9.53 Å². The number of carbonyl (C=O) groups is 2. The lowest BCUT2D eigenvalue weighted by Crippen LogP contribution is -2.47. The maximum atomic E-state index is 12.4. The number of methoxy groups -OCH3 is 1. The Morgan fingerprint density at radius 2 is 2.04 bits per heavy atom. The molecular weight excluding hydrogens is 296 g/mol. The van der Waals surface area contributed by atoms with E-state index in [-0.39, 0.29) is 18.6 Å². The minimum absolute atomic E-state index is 0.165. The lowest BCUT2D eigenvalue weighted by atomic mass is 9.95. The molecule has 3 rings (SSSR count). The van der Waals surface area contributed by atoms with Gasteiger partial charge in [0.2, 0.25) is 0 Å². The van der Waals surface area contributed by atoms with Gasteiger partial charge in [-0.3, -0.25) is 4.90 Å². The Labute approximate surface area is 135 Å². The molecular formula is C17H20N2O4. The highest BCUT2D eigenvalue weighted by Gasteiger charge is 2.41. The fourth-order valence-corrected chi connectivity index (χ4v) is 2.91. The smallest absolute Gasteiger partial charge is 0.338 e. The van der Waals surface area contributed by atoms with Crippen molar-refractivity contribution in [3.63, 3.8) is 0 Å². The molecule has 1 atom stereocenters. The molecule has 2 aliphatic rings. The van der Waals surface area contributed by atoms with E-state index in [1.165, 1.54) is 0 Å². The third kappa shape index (κ3) is 2.76. The van der Waals surface area contributed by atoms with Gasteiger partial charge in [-0.15, -0.1) is 0 Å². The highest BCUT2D eigenvalue weighted by molar-refractivity contribution is 5.97. The number of nitrogens with zero attached hydrogens (tertiary/aromatic N) is 1. The molecule has 6 heteroatoms. The number of unbranched alkanes of at least 4 members (excludes halogenated alkanes) is 1. The summed E-state index contributed by atoms with van der Waals surface area (Å²) < 4.78 is 10.3. The number of urea groups is 1. The zero-order valence-corrected chi connectivity index (χ0v) is 13.3. The summed E-state index contributed by atoms with van der Waals surface area (Å²) in [6.45, 7) is 2.82. The van der Waals surface area contributed by atoms with E-state index in [9.17, 15) is 9.59 Å². The number of benzene rings is 1. The fraction of sp³-hybridized carbons (Fsp3) is 0.412. The lowest BCUT2D eigenvalue weighted by Gasteiger charge is -2.32. The molecule has 0 radical (unpaired) electrons. The normalized spacial score (nSPS) is 20.3. The summed E-state index contributed by atoms with van der Waals surface area (Å²) in [5.74, 6) is 0.367. The van der Waals surface area contributed by atoms with Crippen molar-refractivity contribution < 1.29 is 19.1 Å². The van der Waals surface area contributed by atoms with E-state index >= 15 is 0 Å². The van der Waals surface area contributed by atoms with Gasteiger partial charge in [0.05, 0.1) is 24.4 Å².